The first-order chi connectivity index (χ1) is 10.2. The van der Waals surface area contributed by atoms with E-state index in [0.29, 0.717) is 12.1 Å². The van der Waals surface area contributed by atoms with Crippen LogP contribution < -0.4 is 10.2 Å². The molecule has 1 aliphatic carbocycles. The average molecular weight is 289 g/mol. The van der Waals surface area contributed by atoms with Crippen LogP contribution in [0.3, 0.4) is 0 Å². The van der Waals surface area contributed by atoms with Crippen LogP contribution in [-0.4, -0.2) is 24.6 Å². The maximum atomic E-state index is 4.71. The van der Waals surface area contributed by atoms with Crippen LogP contribution in [0.4, 0.5) is 5.69 Å². The van der Waals surface area contributed by atoms with Crippen LogP contribution in [-0.2, 0) is 0 Å². The lowest BCUT2D eigenvalue weighted by molar-refractivity contribution is 0.321. The first-order valence-electron chi connectivity index (χ1n) is 8.59. The molecule has 3 nitrogen and oxygen atoms in total. The van der Waals surface area contributed by atoms with E-state index < -0.39 is 0 Å². The Bertz CT molecular complexity index is 415. The van der Waals surface area contributed by atoms with Crippen molar-refractivity contribution >= 4 is 5.69 Å². The van der Waals surface area contributed by atoms with E-state index in [1.54, 1.807) is 0 Å². The second-order valence-electron chi connectivity index (χ2n) is 6.40. The van der Waals surface area contributed by atoms with Crippen molar-refractivity contribution in [1.82, 2.24) is 10.3 Å². The van der Waals surface area contributed by atoms with Crippen LogP contribution in [0.1, 0.15) is 64.6 Å². The Morgan fingerprint density at radius 3 is 2.62 bits per heavy atom. The van der Waals surface area contributed by atoms with E-state index >= 15 is 0 Å². The van der Waals surface area contributed by atoms with Crippen LogP contribution in [0, 0.1) is 5.92 Å². The molecule has 1 saturated carbocycles. The molecule has 1 aromatic heterocycles. The maximum Gasteiger partial charge on any atom is 0.0574 e. The first-order valence-corrected chi connectivity index (χ1v) is 8.59. The molecule has 2 rings (SSSR count). The van der Waals surface area contributed by atoms with Crippen molar-refractivity contribution in [3.63, 3.8) is 0 Å². The van der Waals surface area contributed by atoms with Crippen LogP contribution in [0.15, 0.2) is 18.3 Å². The molecular weight excluding hydrogens is 258 g/mol. The minimum atomic E-state index is 0.378. The first kappa shape index (κ1) is 16.3. The number of nitrogens with zero attached hydrogens (tertiary/aromatic N) is 2. The molecule has 3 unspecified atom stereocenters. The summed E-state index contributed by atoms with van der Waals surface area (Å²) in [6.45, 7) is 7.73. The molecule has 1 fully saturated rings. The summed E-state index contributed by atoms with van der Waals surface area (Å²) in [5.41, 5.74) is 2.41. The van der Waals surface area contributed by atoms with Gasteiger partial charge in [-0.3, -0.25) is 4.98 Å². The number of pyridine rings is 1. The molecule has 0 aromatic carbocycles. The molecule has 0 spiro atoms. The molecule has 0 radical (unpaired) electrons. The fourth-order valence-electron chi connectivity index (χ4n) is 3.58. The van der Waals surface area contributed by atoms with E-state index in [9.17, 15) is 0 Å². The molecule has 1 aliphatic rings. The number of hydrogen-bond acceptors (Lipinski definition) is 3. The van der Waals surface area contributed by atoms with Crippen molar-refractivity contribution in [2.45, 2.75) is 65.0 Å². The molecule has 3 atom stereocenters. The van der Waals surface area contributed by atoms with Gasteiger partial charge < -0.3 is 10.2 Å². The van der Waals surface area contributed by atoms with Gasteiger partial charge >= 0.3 is 0 Å². The number of anilines is 1. The summed E-state index contributed by atoms with van der Waals surface area (Å²) in [6, 6.07) is 5.48. The van der Waals surface area contributed by atoms with E-state index in [0.717, 1.165) is 24.6 Å². The Labute approximate surface area is 130 Å². The molecular formula is C18H31N3. The van der Waals surface area contributed by atoms with Gasteiger partial charge in [0.2, 0.25) is 0 Å². The van der Waals surface area contributed by atoms with Crippen molar-refractivity contribution in [3.8, 4) is 0 Å². The van der Waals surface area contributed by atoms with Crippen molar-refractivity contribution in [2.75, 3.05) is 18.5 Å². The monoisotopic (exact) mass is 289 g/mol. The molecule has 3 heteroatoms. The summed E-state index contributed by atoms with van der Waals surface area (Å²) in [5.74, 6) is 0.786. The van der Waals surface area contributed by atoms with Crippen molar-refractivity contribution in [1.29, 1.82) is 0 Å². The summed E-state index contributed by atoms with van der Waals surface area (Å²) in [5, 5.41) is 3.49. The molecule has 1 aromatic rings. The van der Waals surface area contributed by atoms with Gasteiger partial charge in [0, 0.05) is 19.1 Å². The molecule has 0 bridgehead atoms. The summed E-state index contributed by atoms with van der Waals surface area (Å²) in [7, 11) is 2.23. The van der Waals surface area contributed by atoms with Gasteiger partial charge in [-0.05, 0) is 43.9 Å². The highest BCUT2D eigenvalue weighted by Crippen LogP contribution is 2.30. The van der Waals surface area contributed by atoms with Gasteiger partial charge in [0.1, 0.15) is 0 Å². The quantitative estimate of drug-likeness (QED) is 0.852. The number of aromatic nitrogens is 1. The average Bonchev–Trinajstić information content (AvgIpc) is 2.52. The largest absolute Gasteiger partial charge is 0.370 e. The Kier molecular flexibility index (Phi) is 6.04. The Morgan fingerprint density at radius 2 is 2.05 bits per heavy atom. The lowest BCUT2D eigenvalue weighted by atomic mass is 9.85. The van der Waals surface area contributed by atoms with Crippen LogP contribution >= 0.6 is 0 Å². The topological polar surface area (TPSA) is 28.2 Å². The third kappa shape index (κ3) is 3.97. The third-order valence-corrected chi connectivity index (χ3v) is 4.96. The molecule has 1 heterocycles. The summed E-state index contributed by atoms with van der Waals surface area (Å²) in [4.78, 5) is 7.14. The lowest BCUT2D eigenvalue weighted by Crippen LogP contribution is -2.39. The van der Waals surface area contributed by atoms with Gasteiger partial charge in [0.15, 0.2) is 0 Å². The number of nitrogens with one attached hydrogen (secondary N) is 1. The number of hydrogen-bond donors (Lipinski definition) is 1. The van der Waals surface area contributed by atoms with Gasteiger partial charge in [-0.1, -0.05) is 33.6 Å². The fourth-order valence-corrected chi connectivity index (χ4v) is 3.58. The zero-order valence-corrected chi connectivity index (χ0v) is 14.1. The van der Waals surface area contributed by atoms with Crippen LogP contribution in [0.5, 0.6) is 0 Å². The van der Waals surface area contributed by atoms with Gasteiger partial charge in [-0.2, -0.15) is 0 Å². The molecule has 1 N–H and O–H groups in total. The highest BCUT2D eigenvalue weighted by molar-refractivity contribution is 5.45. The Morgan fingerprint density at radius 1 is 1.29 bits per heavy atom. The molecule has 0 amide bonds. The summed E-state index contributed by atoms with van der Waals surface area (Å²) in [6.07, 6.45) is 8.56. The summed E-state index contributed by atoms with van der Waals surface area (Å²) < 4.78 is 0. The highest BCUT2D eigenvalue weighted by atomic mass is 15.1. The van der Waals surface area contributed by atoms with Gasteiger partial charge in [-0.15, -0.1) is 0 Å². The Balaban J connectivity index is 2.07. The third-order valence-electron chi connectivity index (χ3n) is 4.96. The second-order valence-corrected chi connectivity index (χ2v) is 6.40. The SMILES string of the molecule is CCNC(CC)c1ccc(N(C)C2CCCCC2C)cn1. The van der Waals surface area contributed by atoms with Crippen LogP contribution in [0.2, 0.25) is 0 Å². The van der Waals surface area contributed by atoms with Crippen molar-refractivity contribution in [2.24, 2.45) is 5.92 Å². The smallest absolute Gasteiger partial charge is 0.0574 e. The second kappa shape index (κ2) is 7.79. The minimum Gasteiger partial charge on any atom is -0.370 e. The van der Waals surface area contributed by atoms with Crippen molar-refractivity contribution in [3.05, 3.63) is 24.0 Å². The predicted molar refractivity (Wildman–Crippen MR) is 90.8 cm³/mol. The van der Waals surface area contributed by atoms with E-state index in [1.807, 2.05) is 0 Å². The zero-order chi connectivity index (χ0) is 15.2. The zero-order valence-electron chi connectivity index (χ0n) is 14.1. The fraction of sp³-hybridized carbons (Fsp3) is 0.722. The van der Waals surface area contributed by atoms with E-state index in [1.165, 1.54) is 31.4 Å². The maximum absolute atomic E-state index is 4.71. The minimum absolute atomic E-state index is 0.378. The van der Waals surface area contributed by atoms with Crippen LogP contribution in [0.25, 0.3) is 0 Å². The predicted octanol–water partition coefficient (Wildman–Crippen LogP) is 4.16. The number of rotatable bonds is 6. The Hall–Kier alpha value is -1.09. The lowest BCUT2D eigenvalue weighted by Gasteiger charge is -2.37. The van der Waals surface area contributed by atoms with Gasteiger partial charge in [0.05, 0.1) is 17.6 Å². The van der Waals surface area contributed by atoms with Gasteiger partial charge in [0.25, 0.3) is 0 Å². The van der Waals surface area contributed by atoms with E-state index in [2.05, 4.69) is 56.4 Å². The molecule has 118 valence electrons. The van der Waals surface area contributed by atoms with Crippen molar-refractivity contribution < 1.29 is 0 Å². The normalized spacial score (nSPS) is 23.8. The molecule has 0 saturated heterocycles. The van der Waals surface area contributed by atoms with E-state index in [4.69, 9.17) is 4.98 Å². The van der Waals surface area contributed by atoms with Gasteiger partial charge in [-0.25, -0.2) is 0 Å². The summed E-state index contributed by atoms with van der Waals surface area (Å²) >= 11 is 0. The van der Waals surface area contributed by atoms with E-state index in [-0.39, 0.29) is 0 Å². The highest BCUT2D eigenvalue weighted by Gasteiger charge is 2.25. The molecule has 21 heavy (non-hydrogen) atoms. The molecule has 0 aliphatic heterocycles. The standard InChI is InChI=1S/C18H31N3/c1-5-16(19-6-2)17-12-11-15(13-20-17)21(4)18-10-8-7-9-14(18)3/h11-14,16,18-19H,5-10H2,1-4H3.